The second kappa shape index (κ2) is 2.65. The van der Waals surface area contributed by atoms with Gasteiger partial charge in [-0.3, -0.25) is 4.79 Å². The highest BCUT2D eigenvalue weighted by Gasteiger charge is 2.00. The number of hydrogen-bond acceptors (Lipinski definition) is 3. The van der Waals surface area contributed by atoms with Crippen LogP contribution in [-0.2, 0) is 7.05 Å². The van der Waals surface area contributed by atoms with E-state index in [4.69, 9.17) is 0 Å². The molecule has 0 aromatic carbocycles. The Labute approximate surface area is 74.9 Å². The fraction of sp³-hybridized carbons (Fsp3) is 0.222. The van der Waals surface area contributed by atoms with E-state index in [1.807, 2.05) is 6.92 Å². The third-order valence-electron chi connectivity index (χ3n) is 2.04. The number of pyridine rings is 1. The second-order valence-corrected chi connectivity index (χ2v) is 2.98. The van der Waals surface area contributed by atoms with E-state index in [1.165, 1.54) is 17.0 Å². The summed E-state index contributed by atoms with van der Waals surface area (Å²) in [4.78, 5) is 19.3. The Bertz CT molecular complexity index is 516. The van der Waals surface area contributed by atoms with Gasteiger partial charge in [-0.15, -0.1) is 0 Å². The molecule has 0 aliphatic heterocycles. The highest BCUT2D eigenvalue weighted by molar-refractivity contribution is 5.79. The van der Waals surface area contributed by atoms with Crippen molar-refractivity contribution in [2.24, 2.45) is 7.05 Å². The zero-order valence-electron chi connectivity index (χ0n) is 7.48. The molecule has 0 radical (unpaired) electrons. The average molecular weight is 175 g/mol. The molecule has 0 spiro atoms. The van der Waals surface area contributed by atoms with Crippen LogP contribution >= 0.6 is 0 Å². The Morgan fingerprint density at radius 2 is 2.15 bits per heavy atom. The zero-order valence-corrected chi connectivity index (χ0v) is 7.48. The van der Waals surface area contributed by atoms with Crippen LogP contribution in [0.2, 0.25) is 0 Å². The van der Waals surface area contributed by atoms with E-state index in [-0.39, 0.29) is 5.56 Å². The smallest absolute Gasteiger partial charge is 0.252 e. The molecule has 0 bridgehead atoms. The molecule has 0 aliphatic rings. The topological polar surface area (TPSA) is 47.8 Å². The van der Waals surface area contributed by atoms with E-state index in [1.54, 1.807) is 13.2 Å². The maximum Gasteiger partial charge on any atom is 0.252 e. The van der Waals surface area contributed by atoms with Gasteiger partial charge in [0.05, 0.1) is 5.52 Å². The number of fused-ring (bicyclic) bond motifs is 1. The van der Waals surface area contributed by atoms with Gasteiger partial charge in [0, 0.05) is 30.4 Å². The molecule has 0 aliphatic carbocycles. The van der Waals surface area contributed by atoms with E-state index in [0.717, 1.165) is 11.1 Å². The van der Waals surface area contributed by atoms with E-state index >= 15 is 0 Å². The first-order chi connectivity index (χ1) is 6.18. The van der Waals surface area contributed by atoms with Gasteiger partial charge >= 0.3 is 0 Å². The Balaban J connectivity index is 2.97. The quantitative estimate of drug-likeness (QED) is 0.590. The average Bonchev–Trinajstić information content (AvgIpc) is 2.09. The molecular weight excluding hydrogens is 166 g/mol. The van der Waals surface area contributed by atoms with Crippen LogP contribution in [0.1, 0.15) is 5.69 Å². The van der Waals surface area contributed by atoms with E-state index in [0.29, 0.717) is 5.52 Å². The molecule has 0 amide bonds. The van der Waals surface area contributed by atoms with E-state index in [2.05, 4.69) is 9.97 Å². The van der Waals surface area contributed by atoms with Gasteiger partial charge in [-0.1, -0.05) is 0 Å². The Morgan fingerprint density at radius 3 is 2.92 bits per heavy atom. The lowest BCUT2D eigenvalue weighted by atomic mass is 10.2. The zero-order chi connectivity index (χ0) is 9.42. The minimum atomic E-state index is -0.0504. The minimum Gasteiger partial charge on any atom is -0.318 e. The third-order valence-corrected chi connectivity index (χ3v) is 2.04. The van der Waals surface area contributed by atoms with Crippen LogP contribution < -0.4 is 5.56 Å². The van der Waals surface area contributed by atoms with E-state index in [9.17, 15) is 4.79 Å². The van der Waals surface area contributed by atoms with Crippen molar-refractivity contribution in [2.45, 2.75) is 6.92 Å². The van der Waals surface area contributed by atoms with Crippen LogP contribution in [-0.4, -0.2) is 14.5 Å². The van der Waals surface area contributed by atoms with Crippen molar-refractivity contribution in [1.29, 1.82) is 0 Å². The molecule has 0 saturated heterocycles. The summed E-state index contributed by atoms with van der Waals surface area (Å²) in [6.45, 7) is 1.90. The molecule has 0 N–H and O–H groups in total. The van der Waals surface area contributed by atoms with Gasteiger partial charge in [0.15, 0.2) is 0 Å². The molecule has 66 valence electrons. The molecule has 0 unspecified atom stereocenters. The predicted molar refractivity (Wildman–Crippen MR) is 49.5 cm³/mol. The first-order valence-corrected chi connectivity index (χ1v) is 3.96. The lowest BCUT2D eigenvalue weighted by Crippen LogP contribution is -2.14. The monoisotopic (exact) mass is 175 g/mol. The fourth-order valence-corrected chi connectivity index (χ4v) is 1.25. The maximum atomic E-state index is 11.2. The molecule has 4 heteroatoms. The lowest BCUT2D eigenvalue weighted by molar-refractivity contribution is 0.866. The molecule has 0 atom stereocenters. The normalized spacial score (nSPS) is 10.6. The van der Waals surface area contributed by atoms with Crippen LogP contribution in [0.5, 0.6) is 0 Å². The summed E-state index contributed by atoms with van der Waals surface area (Å²) in [6.07, 6.45) is 3.23. The lowest BCUT2D eigenvalue weighted by Gasteiger charge is -2.01. The number of rotatable bonds is 0. The van der Waals surface area contributed by atoms with Crippen molar-refractivity contribution >= 4 is 10.9 Å². The predicted octanol–water partition coefficient (Wildman–Crippen LogP) is 0.637. The van der Waals surface area contributed by atoms with Gasteiger partial charge in [-0.2, -0.15) is 0 Å². The number of aryl methyl sites for hydroxylation is 2. The summed E-state index contributed by atoms with van der Waals surface area (Å²) in [6, 6.07) is 1.52. The first-order valence-electron chi connectivity index (χ1n) is 3.96. The van der Waals surface area contributed by atoms with Crippen LogP contribution in [0.3, 0.4) is 0 Å². The summed E-state index contributed by atoms with van der Waals surface area (Å²) in [5.41, 5.74) is 1.54. The molecule has 4 nitrogen and oxygen atoms in total. The fourth-order valence-electron chi connectivity index (χ4n) is 1.25. The number of nitrogens with zero attached hydrogens (tertiary/aromatic N) is 3. The van der Waals surface area contributed by atoms with Crippen molar-refractivity contribution < 1.29 is 0 Å². The molecule has 2 heterocycles. The minimum absolute atomic E-state index is 0.0504. The van der Waals surface area contributed by atoms with Crippen molar-refractivity contribution in [3.63, 3.8) is 0 Å². The Kier molecular flexibility index (Phi) is 1.62. The summed E-state index contributed by atoms with van der Waals surface area (Å²) < 4.78 is 1.53. The summed E-state index contributed by atoms with van der Waals surface area (Å²) in [7, 11) is 1.72. The highest BCUT2D eigenvalue weighted by Crippen LogP contribution is 2.09. The summed E-state index contributed by atoms with van der Waals surface area (Å²) >= 11 is 0. The van der Waals surface area contributed by atoms with Crippen molar-refractivity contribution in [3.8, 4) is 0 Å². The van der Waals surface area contributed by atoms with Crippen molar-refractivity contribution in [2.75, 3.05) is 0 Å². The first kappa shape index (κ1) is 7.91. The van der Waals surface area contributed by atoms with Crippen molar-refractivity contribution in [1.82, 2.24) is 14.5 Å². The van der Waals surface area contributed by atoms with Gasteiger partial charge in [0.1, 0.15) is 6.33 Å². The van der Waals surface area contributed by atoms with Gasteiger partial charge in [-0.25, -0.2) is 9.97 Å². The molecule has 0 saturated carbocycles. The van der Waals surface area contributed by atoms with Crippen LogP contribution in [0.25, 0.3) is 10.9 Å². The summed E-state index contributed by atoms with van der Waals surface area (Å²) in [5, 5.41) is 0.921. The molecule has 2 aromatic rings. The van der Waals surface area contributed by atoms with Gasteiger partial charge < -0.3 is 4.57 Å². The van der Waals surface area contributed by atoms with Gasteiger partial charge in [0.2, 0.25) is 0 Å². The molecule has 13 heavy (non-hydrogen) atoms. The standard InChI is InChI=1S/C9H9N3O/c1-6-7-4-12(2)9(13)3-8(7)11-5-10-6/h3-5H,1-2H3. The van der Waals surface area contributed by atoms with Crippen LogP contribution in [0, 0.1) is 6.92 Å². The third kappa shape index (κ3) is 1.20. The van der Waals surface area contributed by atoms with Crippen LogP contribution in [0.4, 0.5) is 0 Å². The largest absolute Gasteiger partial charge is 0.318 e. The highest BCUT2D eigenvalue weighted by atomic mass is 16.1. The van der Waals surface area contributed by atoms with Gasteiger partial charge in [-0.05, 0) is 6.92 Å². The molecule has 2 aromatic heterocycles. The van der Waals surface area contributed by atoms with Crippen molar-refractivity contribution in [3.05, 3.63) is 34.6 Å². The Morgan fingerprint density at radius 1 is 1.38 bits per heavy atom. The maximum absolute atomic E-state index is 11.2. The number of hydrogen-bond donors (Lipinski definition) is 0. The molecule has 2 rings (SSSR count). The molecule has 0 fully saturated rings. The summed E-state index contributed by atoms with van der Waals surface area (Å²) in [5.74, 6) is 0. The second-order valence-electron chi connectivity index (χ2n) is 2.98. The number of aromatic nitrogens is 3. The SMILES string of the molecule is Cc1ncnc2cc(=O)n(C)cc12. The van der Waals surface area contributed by atoms with E-state index < -0.39 is 0 Å². The molecular formula is C9H9N3O. The van der Waals surface area contributed by atoms with Crippen LogP contribution in [0.15, 0.2) is 23.4 Å². The Hall–Kier alpha value is -1.71. The van der Waals surface area contributed by atoms with Gasteiger partial charge in [0.25, 0.3) is 5.56 Å².